The Labute approximate surface area is 168 Å². The summed E-state index contributed by atoms with van der Waals surface area (Å²) in [4.78, 5) is 12.1. The second-order valence-electron chi connectivity index (χ2n) is 9.56. The van der Waals surface area contributed by atoms with Crippen LogP contribution in [0.5, 0.6) is 0 Å². The van der Waals surface area contributed by atoms with Crippen molar-refractivity contribution in [1.82, 2.24) is 10.6 Å². The minimum absolute atomic E-state index is 0.294. The van der Waals surface area contributed by atoms with Crippen molar-refractivity contribution in [2.45, 2.75) is 135 Å². The van der Waals surface area contributed by atoms with Gasteiger partial charge in [-0.2, -0.15) is 0 Å². The topological polar surface area (TPSA) is 41.1 Å². The molecule has 0 heterocycles. The Morgan fingerprint density at radius 3 is 1.67 bits per heavy atom. The number of amides is 1. The maximum absolute atomic E-state index is 12.1. The van der Waals surface area contributed by atoms with Crippen molar-refractivity contribution in [1.29, 1.82) is 0 Å². The second-order valence-corrected chi connectivity index (χ2v) is 9.56. The summed E-state index contributed by atoms with van der Waals surface area (Å²) >= 11 is 0. The van der Waals surface area contributed by atoms with E-state index in [2.05, 4.69) is 24.6 Å². The van der Waals surface area contributed by atoms with Crippen LogP contribution in [-0.4, -0.2) is 25.0 Å². The van der Waals surface area contributed by atoms with Gasteiger partial charge in [-0.3, -0.25) is 4.79 Å². The molecule has 0 aromatic heterocycles. The first-order chi connectivity index (χ1) is 13.2. The number of carbonyl (C=O) groups excluding carboxylic acids is 1. The Kier molecular flexibility index (Phi) is 10.8. The van der Waals surface area contributed by atoms with Crippen LogP contribution in [0.15, 0.2) is 0 Å². The van der Waals surface area contributed by atoms with Gasteiger partial charge in [-0.15, -0.1) is 0 Å². The molecule has 2 aliphatic carbocycles. The first-order valence-electron chi connectivity index (χ1n) is 12.1. The minimum Gasteiger partial charge on any atom is -0.353 e. The van der Waals surface area contributed by atoms with E-state index in [9.17, 15) is 4.79 Å². The number of hydrogen-bond acceptors (Lipinski definition) is 2. The largest absolute Gasteiger partial charge is 0.353 e. The Hall–Kier alpha value is -0.570. The molecule has 0 radical (unpaired) electrons. The first kappa shape index (κ1) is 22.7. The molecule has 27 heavy (non-hydrogen) atoms. The zero-order valence-corrected chi connectivity index (χ0v) is 18.3. The van der Waals surface area contributed by atoms with Crippen LogP contribution in [0.3, 0.4) is 0 Å². The molecule has 2 saturated carbocycles. The molecule has 2 aliphatic rings. The van der Waals surface area contributed by atoms with Crippen LogP contribution in [0.1, 0.15) is 122 Å². The van der Waals surface area contributed by atoms with Gasteiger partial charge in [0.15, 0.2) is 0 Å². The van der Waals surface area contributed by atoms with Gasteiger partial charge in [0.25, 0.3) is 0 Å². The SMILES string of the molecule is CCCCCCCCCCCCCCCC(=O)NC1CC2(CC(NC)C2)C1. The molecule has 3 nitrogen and oxygen atoms in total. The third-order valence-electron chi connectivity index (χ3n) is 7.00. The molecular formula is C24H46N2O. The summed E-state index contributed by atoms with van der Waals surface area (Å²) < 4.78 is 0. The van der Waals surface area contributed by atoms with E-state index in [1.165, 1.54) is 103 Å². The lowest BCUT2D eigenvalue weighted by Crippen LogP contribution is -2.60. The third kappa shape index (κ3) is 8.54. The van der Waals surface area contributed by atoms with Crippen molar-refractivity contribution < 1.29 is 4.79 Å². The predicted molar refractivity (Wildman–Crippen MR) is 116 cm³/mol. The van der Waals surface area contributed by atoms with Crippen LogP contribution in [0.4, 0.5) is 0 Å². The van der Waals surface area contributed by atoms with E-state index in [-0.39, 0.29) is 0 Å². The molecule has 0 aromatic carbocycles. The maximum Gasteiger partial charge on any atom is 0.220 e. The Morgan fingerprint density at radius 1 is 0.741 bits per heavy atom. The summed E-state index contributed by atoms with van der Waals surface area (Å²) in [6, 6.07) is 1.20. The van der Waals surface area contributed by atoms with Crippen LogP contribution in [0, 0.1) is 5.41 Å². The summed E-state index contributed by atoms with van der Waals surface area (Å²) in [5.74, 6) is 0.294. The molecular weight excluding hydrogens is 332 g/mol. The standard InChI is InChI=1S/C24H46N2O/c1-3-4-5-6-7-8-9-10-11-12-13-14-15-16-23(27)26-22-19-24(20-22)17-21(18-24)25-2/h21-22,25H,3-20H2,1-2H3,(H,26,27). The molecule has 2 fully saturated rings. The maximum atomic E-state index is 12.1. The molecule has 2 rings (SSSR count). The Morgan fingerprint density at radius 2 is 1.19 bits per heavy atom. The quantitative estimate of drug-likeness (QED) is 0.318. The fourth-order valence-corrected chi connectivity index (χ4v) is 5.21. The highest BCUT2D eigenvalue weighted by molar-refractivity contribution is 5.76. The highest BCUT2D eigenvalue weighted by Crippen LogP contribution is 2.55. The van der Waals surface area contributed by atoms with Crippen molar-refractivity contribution in [2.24, 2.45) is 5.41 Å². The lowest BCUT2D eigenvalue weighted by atomic mass is 9.52. The summed E-state index contributed by atoms with van der Waals surface area (Å²) in [6.45, 7) is 2.28. The van der Waals surface area contributed by atoms with Gasteiger partial charge in [0.1, 0.15) is 0 Å². The van der Waals surface area contributed by atoms with E-state index >= 15 is 0 Å². The van der Waals surface area contributed by atoms with Gasteiger partial charge in [0.05, 0.1) is 0 Å². The van der Waals surface area contributed by atoms with Crippen LogP contribution in [0.2, 0.25) is 0 Å². The molecule has 0 unspecified atom stereocenters. The highest BCUT2D eigenvalue weighted by atomic mass is 16.1. The summed E-state index contributed by atoms with van der Waals surface area (Å²) in [5.41, 5.74) is 0.584. The summed E-state index contributed by atoms with van der Waals surface area (Å²) in [6.07, 6.45) is 23.5. The first-order valence-corrected chi connectivity index (χ1v) is 12.1. The second kappa shape index (κ2) is 12.8. The number of unbranched alkanes of at least 4 members (excludes halogenated alkanes) is 12. The normalized spacial score (nSPS) is 26.6. The number of rotatable bonds is 16. The van der Waals surface area contributed by atoms with Crippen LogP contribution >= 0.6 is 0 Å². The van der Waals surface area contributed by atoms with Crippen molar-refractivity contribution in [2.75, 3.05) is 7.05 Å². The molecule has 158 valence electrons. The van der Waals surface area contributed by atoms with Crippen molar-refractivity contribution in [3.05, 3.63) is 0 Å². The molecule has 1 amide bonds. The molecule has 0 atom stereocenters. The zero-order valence-electron chi connectivity index (χ0n) is 18.3. The van der Waals surface area contributed by atoms with E-state index < -0.39 is 0 Å². The highest BCUT2D eigenvalue weighted by Gasteiger charge is 2.52. The molecule has 0 saturated heterocycles. The van der Waals surface area contributed by atoms with Crippen LogP contribution < -0.4 is 10.6 Å². The lowest BCUT2D eigenvalue weighted by molar-refractivity contribution is -0.125. The average Bonchev–Trinajstić information content (AvgIpc) is 2.59. The minimum atomic E-state index is 0.294. The van der Waals surface area contributed by atoms with E-state index in [1.54, 1.807) is 0 Å². The molecule has 0 aromatic rings. The van der Waals surface area contributed by atoms with Crippen molar-refractivity contribution in [3.8, 4) is 0 Å². The van der Waals surface area contributed by atoms with E-state index in [1.807, 2.05) is 0 Å². The molecule has 2 N–H and O–H groups in total. The van der Waals surface area contributed by atoms with Gasteiger partial charge in [0.2, 0.25) is 5.91 Å². The predicted octanol–water partition coefficient (Wildman–Crippen LogP) is 6.11. The number of hydrogen-bond donors (Lipinski definition) is 2. The van der Waals surface area contributed by atoms with Gasteiger partial charge >= 0.3 is 0 Å². The molecule has 1 spiro atoms. The lowest BCUT2D eigenvalue weighted by Gasteiger charge is -2.57. The van der Waals surface area contributed by atoms with E-state index in [0.29, 0.717) is 17.4 Å². The van der Waals surface area contributed by atoms with Crippen molar-refractivity contribution in [3.63, 3.8) is 0 Å². The van der Waals surface area contributed by atoms with E-state index in [4.69, 9.17) is 0 Å². The third-order valence-corrected chi connectivity index (χ3v) is 7.00. The molecule has 0 aliphatic heterocycles. The summed E-state index contributed by atoms with van der Waals surface area (Å²) in [5, 5.41) is 6.62. The fraction of sp³-hybridized carbons (Fsp3) is 0.958. The fourth-order valence-electron chi connectivity index (χ4n) is 5.21. The smallest absolute Gasteiger partial charge is 0.220 e. The average molecular weight is 379 g/mol. The number of carbonyl (C=O) groups is 1. The van der Waals surface area contributed by atoms with Crippen LogP contribution in [-0.2, 0) is 4.79 Å². The van der Waals surface area contributed by atoms with Gasteiger partial charge in [-0.25, -0.2) is 0 Å². The molecule has 0 bridgehead atoms. The number of nitrogens with one attached hydrogen (secondary N) is 2. The van der Waals surface area contributed by atoms with Gasteiger partial charge in [-0.1, -0.05) is 84.0 Å². The Bertz CT molecular complexity index is 395. The van der Waals surface area contributed by atoms with Gasteiger partial charge in [-0.05, 0) is 44.6 Å². The van der Waals surface area contributed by atoms with Crippen molar-refractivity contribution >= 4 is 5.91 Å². The van der Waals surface area contributed by atoms with E-state index in [0.717, 1.165) is 18.9 Å². The van der Waals surface area contributed by atoms with Gasteiger partial charge < -0.3 is 10.6 Å². The van der Waals surface area contributed by atoms with Crippen LogP contribution in [0.25, 0.3) is 0 Å². The van der Waals surface area contributed by atoms with Gasteiger partial charge in [0, 0.05) is 18.5 Å². The zero-order chi connectivity index (χ0) is 19.4. The summed E-state index contributed by atoms with van der Waals surface area (Å²) in [7, 11) is 2.06. The Balaban J connectivity index is 1.30. The molecule has 3 heteroatoms. The monoisotopic (exact) mass is 378 g/mol.